The van der Waals surface area contributed by atoms with Crippen molar-refractivity contribution >= 4 is 5.82 Å². The van der Waals surface area contributed by atoms with E-state index in [2.05, 4.69) is 42.9 Å². The van der Waals surface area contributed by atoms with Crippen LogP contribution in [0.2, 0.25) is 0 Å². The minimum absolute atomic E-state index is 0.252. The Hall–Kier alpha value is -1.16. The lowest BCUT2D eigenvalue weighted by Crippen LogP contribution is -2.40. The Bertz CT molecular complexity index is 451. The van der Waals surface area contributed by atoms with Crippen molar-refractivity contribution < 1.29 is 4.39 Å². The molecule has 4 heteroatoms. The van der Waals surface area contributed by atoms with E-state index >= 15 is 0 Å². The van der Waals surface area contributed by atoms with Crippen molar-refractivity contribution in [3.63, 3.8) is 0 Å². The largest absolute Gasteiger partial charge is 0.356 e. The number of aromatic nitrogens is 1. The lowest BCUT2D eigenvalue weighted by atomic mass is 9.91. The Kier molecular flexibility index (Phi) is 5.57. The van der Waals surface area contributed by atoms with Crippen molar-refractivity contribution in [1.82, 2.24) is 10.3 Å². The van der Waals surface area contributed by atoms with Crippen molar-refractivity contribution in [2.24, 2.45) is 17.8 Å². The molecule has 2 unspecified atom stereocenters. The Morgan fingerprint density at radius 1 is 1.33 bits per heavy atom. The van der Waals surface area contributed by atoms with Crippen LogP contribution >= 0.6 is 0 Å². The molecule has 1 aromatic heterocycles. The number of halogens is 1. The molecule has 0 amide bonds. The summed E-state index contributed by atoms with van der Waals surface area (Å²) in [7, 11) is 0. The molecule has 2 heterocycles. The first kappa shape index (κ1) is 16.2. The SMILES string of the molecule is CC(C)CNCc1cc(F)cnc1N1CC(C)CC(C)C1. The molecular weight excluding hydrogens is 265 g/mol. The molecule has 0 spiro atoms. The molecule has 0 radical (unpaired) electrons. The van der Waals surface area contributed by atoms with Gasteiger partial charge in [-0.25, -0.2) is 9.37 Å². The van der Waals surface area contributed by atoms with Crippen LogP contribution in [0.5, 0.6) is 0 Å². The first-order chi connectivity index (χ1) is 9.95. The second kappa shape index (κ2) is 7.21. The molecular formula is C17H28FN3. The summed E-state index contributed by atoms with van der Waals surface area (Å²) >= 11 is 0. The average molecular weight is 293 g/mol. The molecule has 0 bridgehead atoms. The van der Waals surface area contributed by atoms with Crippen LogP contribution in [0.4, 0.5) is 10.2 Å². The molecule has 1 N–H and O–H groups in total. The second-order valence-corrected chi connectivity index (χ2v) is 7.01. The number of hydrogen-bond acceptors (Lipinski definition) is 3. The van der Waals surface area contributed by atoms with E-state index in [9.17, 15) is 4.39 Å². The topological polar surface area (TPSA) is 28.2 Å². The molecule has 1 aliphatic rings. The highest BCUT2D eigenvalue weighted by molar-refractivity contribution is 5.47. The molecule has 0 saturated carbocycles. The number of pyridine rings is 1. The van der Waals surface area contributed by atoms with Gasteiger partial charge in [0.1, 0.15) is 11.6 Å². The number of rotatable bonds is 5. The van der Waals surface area contributed by atoms with E-state index in [1.807, 2.05) is 0 Å². The summed E-state index contributed by atoms with van der Waals surface area (Å²) in [4.78, 5) is 6.70. The van der Waals surface area contributed by atoms with Crippen molar-refractivity contribution in [2.75, 3.05) is 24.5 Å². The Balaban J connectivity index is 2.13. The van der Waals surface area contributed by atoms with E-state index in [1.165, 1.54) is 12.6 Å². The van der Waals surface area contributed by atoms with E-state index in [1.54, 1.807) is 6.07 Å². The van der Waals surface area contributed by atoms with Gasteiger partial charge in [-0.2, -0.15) is 0 Å². The maximum absolute atomic E-state index is 13.5. The third-order valence-corrected chi connectivity index (χ3v) is 3.95. The fourth-order valence-corrected chi connectivity index (χ4v) is 3.22. The highest BCUT2D eigenvalue weighted by Crippen LogP contribution is 2.27. The molecule has 2 atom stereocenters. The summed E-state index contributed by atoms with van der Waals surface area (Å²) in [5, 5.41) is 3.40. The number of nitrogens with zero attached hydrogens (tertiary/aromatic N) is 2. The van der Waals surface area contributed by atoms with Gasteiger partial charge in [0, 0.05) is 25.2 Å². The van der Waals surface area contributed by atoms with E-state index in [0.29, 0.717) is 24.3 Å². The van der Waals surface area contributed by atoms with E-state index in [4.69, 9.17) is 0 Å². The van der Waals surface area contributed by atoms with Crippen molar-refractivity contribution in [1.29, 1.82) is 0 Å². The Labute approximate surface area is 127 Å². The molecule has 1 fully saturated rings. The maximum Gasteiger partial charge on any atom is 0.141 e. The predicted octanol–water partition coefficient (Wildman–Crippen LogP) is 3.45. The minimum Gasteiger partial charge on any atom is -0.356 e. The highest BCUT2D eigenvalue weighted by atomic mass is 19.1. The van der Waals surface area contributed by atoms with Gasteiger partial charge in [-0.1, -0.05) is 27.7 Å². The van der Waals surface area contributed by atoms with Gasteiger partial charge in [0.15, 0.2) is 0 Å². The maximum atomic E-state index is 13.5. The Morgan fingerprint density at radius 3 is 2.62 bits per heavy atom. The molecule has 118 valence electrons. The van der Waals surface area contributed by atoms with Gasteiger partial charge in [-0.3, -0.25) is 0 Å². The third-order valence-electron chi connectivity index (χ3n) is 3.95. The van der Waals surface area contributed by atoms with Gasteiger partial charge in [-0.15, -0.1) is 0 Å². The zero-order chi connectivity index (χ0) is 15.4. The van der Waals surface area contributed by atoms with Crippen molar-refractivity contribution in [2.45, 2.75) is 40.7 Å². The lowest BCUT2D eigenvalue weighted by Gasteiger charge is -2.36. The number of hydrogen-bond donors (Lipinski definition) is 1. The molecule has 1 aliphatic heterocycles. The second-order valence-electron chi connectivity index (χ2n) is 7.01. The molecule has 0 aliphatic carbocycles. The summed E-state index contributed by atoms with van der Waals surface area (Å²) < 4.78 is 13.5. The van der Waals surface area contributed by atoms with Crippen LogP contribution in [0.15, 0.2) is 12.3 Å². The summed E-state index contributed by atoms with van der Waals surface area (Å²) in [6.45, 7) is 12.5. The fourth-order valence-electron chi connectivity index (χ4n) is 3.22. The van der Waals surface area contributed by atoms with Crippen LogP contribution < -0.4 is 10.2 Å². The van der Waals surface area contributed by atoms with E-state index in [0.717, 1.165) is 31.0 Å². The molecule has 0 aromatic carbocycles. The van der Waals surface area contributed by atoms with Gasteiger partial charge >= 0.3 is 0 Å². The van der Waals surface area contributed by atoms with Gasteiger partial charge in [0.05, 0.1) is 6.20 Å². The van der Waals surface area contributed by atoms with Crippen LogP contribution in [0.25, 0.3) is 0 Å². The molecule has 1 saturated heterocycles. The predicted molar refractivity (Wildman–Crippen MR) is 85.9 cm³/mol. The standard InChI is InChI=1S/C17H28FN3/c1-12(2)7-19-8-15-6-16(18)9-20-17(15)21-10-13(3)5-14(4)11-21/h6,9,12-14,19H,5,7-8,10-11H2,1-4H3. The molecule has 21 heavy (non-hydrogen) atoms. The monoisotopic (exact) mass is 293 g/mol. The van der Waals surface area contributed by atoms with Crippen LogP contribution in [0.1, 0.15) is 39.7 Å². The summed E-state index contributed by atoms with van der Waals surface area (Å²) in [6.07, 6.45) is 2.60. The fraction of sp³-hybridized carbons (Fsp3) is 0.706. The van der Waals surface area contributed by atoms with Crippen LogP contribution in [-0.4, -0.2) is 24.6 Å². The first-order valence-electron chi connectivity index (χ1n) is 8.05. The van der Waals surface area contributed by atoms with Gasteiger partial charge in [0.25, 0.3) is 0 Å². The lowest BCUT2D eigenvalue weighted by molar-refractivity contribution is 0.354. The number of piperidine rings is 1. The van der Waals surface area contributed by atoms with Crippen LogP contribution in [0.3, 0.4) is 0 Å². The van der Waals surface area contributed by atoms with E-state index < -0.39 is 0 Å². The van der Waals surface area contributed by atoms with Gasteiger partial charge in [0.2, 0.25) is 0 Å². The zero-order valence-electron chi connectivity index (χ0n) is 13.7. The molecule has 1 aromatic rings. The first-order valence-corrected chi connectivity index (χ1v) is 8.05. The molecule has 2 rings (SSSR count). The highest BCUT2D eigenvalue weighted by Gasteiger charge is 2.24. The summed E-state index contributed by atoms with van der Waals surface area (Å²) in [5.74, 6) is 2.61. The minimum atomic E-state index is -0.252. The quantitative estimate of drug-likeness (QED) is 0.901. The average Bonchev–Trinajstić information content (AvgIpc) is 2.37. The smallest absolute Gasteiger partial charge is 0.141 e. The summed E-state index contributed by atoms with van der Waals surface area (Å²) in [5.41, 5.74) is 0.969. The third kappa shape index (κ3) is 4.67. The van der Waals surface area contributed by atoms with E-state index in [-0.39, 0.29) is 5.82 Å². The van der Waals surface area contributed by atoms with Gasteiger partial charge in [-0.05, 0) is 36.8 Å². The Morgan fingerprint density at radius 2 is 2.00 bits per heavy atom. The van der Waals surface area contributed by atoms with Crippen molar-refractivity contribution in [3.05, 3.63) is 23.6 Å². The summed E-state index contributed by atoms with van der Waals surface area (Å²) in [6, 6.07) is 1.62. The van der Waals surface area contributed by atoms with Crippen LogP contribution in [-0.2, 0) is 6.54 Å². The zero-order valence-corrected chi connectivity index (χ0v) is 13.7. The van der Waals surface area contributed by atoms with Crippen molar-refractivity contribution in [3.8, 4) is 0 Å². The van der Waals surface area contributed by atoms with Crippen LogP contribution in [0, 0.1) is 23.6 Å². The number of anilines is 1. The normalized spacial score (nSPS) is 22.9. The number of nitrogens with one attached hydrogen (secondary N) is 1. The molecule has 3 nitrogen and oxygen atoms in total. The van der Waals surface area contributed by atoms with Gasteiger partial charge < -0.3 is 10.2 Å².